The first-order chi connectivity index (χ1) is 15.7. The fourth-order valence-corrected chi connectivity index (χ4v) is 4.01. The van der Waals surface area contributed by atoms with Crippen molar-refractivity contribution in [2.24, 2.45) is 0 Å². The summed E-state index contributed by atoms with van der Waals surface area (Å²) < 4.78 is 19.1. The summed E-state index contributed by atoms with van der Waals surface area (Å²) in [6.45, 7) is 10.4. The molecule has 0 bridgehead atoms. The van der Waals surface area contributed by atoms with Crippen molar-refractivity contribution in [3.05, 3.63) is 65.2 Å². The molecule has 1 saturated heterocycles. The molecule has 0 atom stereocenters. The molecule has 0 N–H and O–H groups in total. The Bertz CT molecular complexity index is 948. The maximum absolute atomic E-state index is 14.0. The molecule has 2 aromatic carbocycles. The largest absolute Gasteiger partial charge is 0.462 e. The van der Waals surface area contributed by atoms with Crippen molar-refractivity contribution in [1.82, 2.24) is 9.80 Å². The highest BCUT2D eigenvalue weighted by molar-refractivity contribution is 5.92. The first-order valence-electron chi connectivity index (χ1n) is 11.5. The zero-order valence-electron chi connectivity index (χ0n) is 20.0. The van der Waals surface area contributed by atoms with Crippen molar-refractivity contribution >= 4 is 17.7 Å². The van der Waals surface area contributed by atoms with E-state index in [0.717, 1.165) is 16.8 Å². The van der Waals surface area contributed by atoms with E-state index in [0.29, 0.717) is 51.4 Å². The van der Waals surface area contributed by atoms with Crippen LogP contribution >= 0.6 is 0 Å². The van der Waals surface area contributed by atoms with E-state index in [-0.39, 0.29) is 12.0 Å². The number of piperazine rings is 1. The molecule has 0 aliphatic carbocycles. The van der Waals surface area contributed by atoms with Crippen LogP contribution in [0, 0.1) is 6.92 Å². The second kappa shape index (κ2) is 10.8. The fraction of sp³-hybridized carbons (Fsp3) is 0.462. The number of urea groups is 1. The van der Waals surface area contributed by atoms with Gasteiger partial charge < -0.3 is 9.64 Å². The third-order valence-electron chi connectivity index (χ3n) is 5.59. The van der Waals surface area contributed by atoms with E-state index < -0.39 is 5.67 Å². The van der Waals surface area contributed by atoms with Crippen molar-refractivity contribution in [3.63, 3.8) is 0 Å². The Hall–Kier alpha value is -2.93. The number of benzene rings is 2. The van der Waals surface area contributed by atoms with Crippen LogP contribution < -0.4 is 4.90 Å². The number of alkyl halides is 1. The number of hydrogen-bond donors (Lipinski definition) is 0. The van der Waals surface area contributed by atoms with Gasteiger partial charge in [0.05, 0.1) is 18.7 Å². The smallest absolute Gasteiger partial charge is 0.338 e. The molecule has 0 spiro atoms. The molecule has 0 radical (unpaired) electrons. The van der Waals surface area contributed by atoms with Gasteiger partial charge in [0.15, 0.2) is 0 Å². The average molecular weight is 456 g/mol. The Morgan fingerprint density at radius 3 is 2.30 bits per heavy atom. The van der Waals surface area contributed by atoms with Crippen LogP contribution in [-0.2, 0) is 11.3 Å². The SMILES string of the molecule is CCOC(=O)c1ccc(CN(C(=O)N2CCN(CC(C)(C)F)CC2)c2cccc(C)c2)cc1. The van der Waals surface area contributed by atoms with Crippen LogP contribution in [0.2, 0.25) is 0 Å². The van der Waals surface area contributed by atoms with Crippen LogP contribution in [0.3, 0.4) is 0 Å². The maximum Gasteiger partial charge on any atom is 0.338 e. The number of anilines is 1. The van der Waals surface area contributed by atoms with E-state index in [4.69, 9.17) is 4.74 Å². The summed E-state index contributed by atoms with van der Waals surface area (Å²) in [4.78, 5) is 31.2. The number of esters is 1. The van der Waals surface area contributed by atoms with Gasteiger partial charge in [-0.25, -0.2) is 14.0 Å². The van der Waals surface area contributed by atoms with Gasteiger partial charge in [0.2, 0.25) is 0 Å². The molecule has 6 nitrogen and oxygen atoms in total. The molecule has 0 saturated carbocycles. The van der Waals surface area contributed by atoms with Gasteiger partial charge in [0.25, 0.3) is 0 Å². The van der Waals surface area contributed by atoms with E-state index in [1.165, 1.54) is 0 Å². The van der Waals surface area contributed by atoms with Gasteiger partial charge in [0, 0.05) is 38.4 Å². The lowest BCUT2D eigenvalue weighted by atomic mass is 10.1. The molecule has 0 aromatic heterocycles. The highest BCUT2D eigenvalue weighted by atomic mass is 19.1. The molecule has 1 aliphatic rings. The van der Waals surface area contributed by atoms with Crippen LogP contribution in [0.25, 0.3) is 0 Å². The monoisotopic (exact) mass is 455 g/mol. The van der Waals surface area contributed by atoms with Gasteiger partial charge in [-0.2, -0.15) is 0 Å². The average Bonchev–Trinajstić information content (AvgIpc) is 2.77. The van der Waals surface area contributed by atoms with Crippen LogP contribution in [0.15, 0.2) is 48.5 Å². The summed E-state index contributed by atoms with van der Waals surface area (Å²) in [7, 11) is 0. The Morgan fingerprint density at radius 1 is 1.06 bits per heavy atom. The lowest BCUT2D eigenvalue weighted by Gasteiger charge is -2.39. The molecular formula is C26H34FN3O3. The molecular weight excluding hydrogens is 421 g/mol. The number of hydrogen-bond acceptors (Lipinski definition) is 4. The van der Waals surface area contributed by atoms with E-state index in [2.05, 4.69) is 4.90 Å². The standard InChI is InChI=1S/C26H34FN3O3/c1-5-33-24(31)22-11-9-21(10-12-22)18-30(23-8-6-7-20(2)17-23)25(32)29-15-13-28(14-16-29)19-26(3,4)27/h6-12,17H,5,13-16,18-19H2,1-4H3. The molecule has 178 valence electrons. The van der Waals surface area contributed by atoms with Crippen molar-refractivity contribution < 1.29 is 18.7 Å². The predicted molar refractivity (Wildman–Crippen MR) is 128 cm³/mol. The molecule has 1 heterocycles. The Labute approximate surface area is 195 Å². The summed E-state index contributed by atoms with van der Waals surface area (Å²) in [5, 5.41) is 0. The molecule has 7 heteroatoms. The summed E-state index contributed by atoms with van der Waals surface area (Å²) >= 11 is 0. The maximum atomic E-state index is 14.0. The highest BCUT2D eigenvalue weighted by Crippen LogP contribution is 2.22. The number of carbonyl (C=O) groups excluding carboxylic acids is 2. The number of ether oxygens (including phenoxy) is 1. The number of amides is 2. The quantitative estimate of drug-likeness (QED) is 0.570. The Balaban J connectivity index is 1.75. The number of carbonyl (C=O) groups is 2. The number of nitrogens with zero attached hydrogens (tertiary/aromatic N) is 3. The molecule has 2 aromatic rings. The predicted octanol–water partition coefficient (Wildman–Crippen LogP) is 4.66. The zero-order chi connectivity index (χ0) is 24.0. The van der Waals surface area contributed by atoms with Gasteiger partial charge in [-0.3, -0.25) is 9.80 Å². The van der Waals surface area contributed by atoms with Crippen molar-refractivity contribution in [3.8, 4) is 0 Å². The number of aryl methyl sites for hydroxylation is 1. The highest BCUT2D eigenvalue weighted by Gasteiger charge is 2.29. The summed E-state index contributed by atoms with van der Waals surface area (Å²) in [6, 6.07) is 14.9. The van der Waals surface area contributed by atoms with Crippen LogP contribution in [0.5, 0.6) is 0 Å². The topological polar surface area (TPSA) is 53.1 Å². The van der Waals surface area contributed by atoms with Gasteiger partial charge in [-0.1, -0.05) is 24.3 Å². The van der Waals surface area contributed by atoms with Gasteiger partial charge in [-0.05, 0) is 63.1 Å². The van der Waals surface area contributed by atoms with Crippen LogP contribution in [0.4, 0.5) is 14.9 Å². The number of halogens is 1. The van der Waals surface area contributed by atoms with Gasteiger partial charge >= 0.3 is 12.0 Å². The minimum Gasteiger partial charge on any atom is -0.462 e. The molecule has 1 aliphatic heterocycles. The Morgan fingerprint density at radius 2 is 1.73 bits per heavy atom. The first kappa shape index (κ1) is 24.7. The van der Waals surface area contributed by atoms with Crippen LogP contribution in [0.1, 0.15) is 42.3 Å². The summed E-state index contributed by atoms with van der Waals surface area (Å²) in [5.41, 5.74) is 2.03. The Kier molecular flexibility index (Phi) is 8.08. The molecule has 33 heavy (non-hydrogen) atoms. The van der Waals surface area contributed by atoms with Crippen molar-refractivity contribution in [2.75, 3.05) is 44.2 Å². The molecule has 2 amide bonds. The van der Waals surface area contributed by atoms with Crippen molar-refractivity contribution in [1.29, 1.82) is 0 Å². The lowest BCUT2D eigenvalue weighted by Crippen LogP contribution is -2.54. The van der Waals surface area contributed by atoms with Crippen molar-refractivity contribution in [2.45, 2.75) is 39.9 Å². The molecule has 3 rings (SSSR count). The third kappa shape index (κ3) is 7.02. The third-order valence-corrected chi connectivity index (χ3v) is 5.59. The van der Waals surface area contributed by atoms with E-state index in [1.54, 1.807) is 37.8 Å². The van der Waals surface area contributed by atoms with Gasteiger partial charge in [-0.15, -0.1) is 0 Å². The fourth-order valence-electron chi connectivity index (χ4n) is 4.01. The zero-order valence-corrected chi connectivity index (χ0v) is 20.0. The minimum absolute atomic E-state index is 0.0748. The first-order valence-corrected chi connectivity index (χ1v) is 11.5. The van der Waals surface area contributed by atoms with E-state index >= 15 is 0 Å². The lowest BCUT2D eigenvalue weighted by molar-refractivity contribution is 0.0526. The second-order valence-corrected chi connectivity index (χ2v) is 9.11. The minimum atomic E-state index is -1.25. The van der Waals surface area contributed by atoms with E-state index in [9.17, 15) is 14.0 Å². The molecule has 1 fully saturated rings. The van der Waals surface area contributed by atoms with E-state index in [1.807, 2.05) is 48.2 Å². The van der Waals surface area contributed by atoms with Crippen LogP contribution in [-0.4, -0.2) is 66.8 Å². The number of rotatable bonds is 7. The normalized spacial score (nSPS) is 14.8. The summed E-state index contributed by atoms with van der Waals surface area (Å²) in [5.74, 6) is -0.356. The second-order valence-electron chi connectivity index (χ2n) is 9.11. The van der Waals surface area contributed by atoms with Gasteiger partial charge in [0.1, 0.15) is 5.67 Å². The molecule has 0 unspecified atom stereocenters. The summed E-state index contributed by atoms with van der Waals surface area (Å²) in [6.07, 6.45) is 0.